The molecule has 1 atom stereocenters. The number of amides is 2. The number of para-hydroxylation sites is 2. The molecule has 1 N–H and O–H groups in total. The lowest BCUT2D eigenvalue weighted by Gasteiger charge is -2.30. The lowest BCUT2D eigenvalue weighted by atomic mass is 10.1. The molecule has 7 heteroatoms. The summed E-state index contributed by atoms with van der Waals surface area (Å²) < 4.78 is 5.37. The van der Waals surface area contributed by atoms with Gasteiger partial charge in [0.15, 0.2) is 6.10 Å². The van der Waals surface area contributed by atoms with E-state index < -0.39 is 18.0 Å². The van der Waals surface area contributed by atoms with Crippen molar-refractivity contribution < 1.29 is 19.1 Å². The number of carbonyl (C=O) groups is 3. The molecule has 26 heavy (non-hydrogen) atoms. The van der Waals surface area contributed by atoms with E-state index >= 15 is 0 Å². The highest BCUT2D eigenvalue weighted by atomic mass is 32.2. The molecule has 2 amide bonds. The van der Waals surface area contributed by atoms with E-state index in [0.29, 0.717) is 16.9 Å². The molecule has 6 nitrogen and oxygen atoms in total. The number of thioether (sulfide) groups is 1. The minimum absolute atomic E-state index is 0.112. The van der Waals surface area contributed by atoms with Crippen molar-refractivity contribution in [2.45, 2.75) is 17.9 Å². The summed E-state index contributed by atoms with van der Waals surface area (Å²) >= 11 is 1.43. The molecule has 0 saturated carbocycles. The molecule has 0 radical (unpaired) electrons. The fourth-order valence-electron chi connectivity index (χ4n) is 2.74. The Morgan fingerprint density at radius 1 is 1.15 bits per heavy atom. The van der Waals surface area contributed by atoms with Crippen LogP contribution < -0.4 is 10.2 Å². The molecule has 0 unspecified atom stereocenters. The lowest BCUT2D eigenvalue weighted by molar-refractivity contribution is -0.128. The minimum atomic E-state index is -1.02. The Morgan fingerprint density at radius 3 is 2.62 bits per heavy atom. The number of esters is 1. The average Bonchev–Trinajstić information content (AvgIpc) is 2.66. The zero-order valence-corrected chi connectivity index (χ0v) is 15.2. The van der Waals surface area contributed by atoms with Gasteiger partial charge in [-0.25, -0.2) is 4.79 Å². The molecule has 1 heterocycles. The SMILES string of the molecule is CSc1ccccc1C(=O)O[C@H](C)C(=O)N1CC(=O)Nc2ccccc21. The van der Waals surface area contributed by atoms with E-state index in [1.165, 1.54) is 23.6 Å². The Balaban J connectivity index is 1.78. The molecule has 3 rings (SSSR count). The second-order valence-corrected chi connectivity index (χ2v) is 6.59. The van der Waals surface area contributed by atoms with Crippen LogP contribution in [0.15, 0.2) is 53.4 Å². The Morgan fingerprint density at radius 2 is 1.85 bits per heavy atom. The van der Waals surface area contributed by atoms with Crippen LogP contribution in [0.3, 0.4) is 0 Å². The van der Waals surface area contributed by atoms with Gasteiger partial charge in [0.1, 0.15) is 6.54 Å². The van der Waals surface area contributed by atoms with Gasteiger partial charge in [-0.3, -0.25) is 14.5 Å². The van der Waals surface area contributed by atoms with E-state index in [4.69, 9.17) is 4.74 Å². The predicted molar refractivity (Wildman–Crippen MR) is 101 cm³/mol. The highest BCUT2D eigenvalue weighted by molar-refractivity contribution is 7.98. The van der Waals surface area contributed by atoms with Gasteiger partial charge in [0.25, 0.3) is 5.91 Å². The van der Waals surface area contributed by atoms with Crippen LogP contribution in [-0.2, 0) is 14.3 Å². The van der Waals surface area contributed by atoms with Crippen molar-refractivity contribution in [1.82, 2.24) is 0 Å². The van der Waals surface area contributed by atoms with Gasteiger partial charge in [-0.1, -0.05) is 24.3 Å². The van der Waals surface area contributed by atoms with Crippen LogP contribution in [0.4, 0.5) is 11.4 Å². The number of benzene rings is 2. The minimum Gasteiger partial charge on any atom is -0.449 e. The zero-order valence-electron chi connectivity index (χ0n) is 14.4. The smallest absolute Gasteiger partial charge is 0.340 e. The Hall–Kier alpha value is -2.80. The summed E-state index contributed by atoms with van der Waals surface area (Å²) in [6.07, 6.45) is 0.848. The maximum absolute atomic E-state index is 12.8. The van der Waals surface area contributed by atoms with E-state index in [1.54, 1.807) is 36.4 Å². The monoisotopic (exact) mass is 370 g/mol. The summed E-state index contributed by atoms with van der Waals surface area (Å²) in [5, 5.41) is 2.72. The van der Waals surface area contributed by atoms with Gasteiger partial charge >= 0.3 is 5.97 Å². The first-order valence-corrected chi connectivity index (χ1v) is 9.28. The van der Waals surface area contributed by atoms with Crippen LogP contribution in [0.5, 0.6) is 0 Å². The normalized spacial score (nSPS) is 14.2. The molecule has 0 fully saturated rings. The van der Waals surface area contributed by atoms with Crippen LogP contribution in [0.1, 0.15) is 17.3 Å². The quantitative estimate of drug-likeness (QED) is 0.662. The number of nitrogens with one attached hydrogen (secondary N) is 1. The van der Waals surface area contributed by atoms with Crippen LogP contribution in [-0.4, -0.2) is 36.7 Å². The molecule has 2 aromatic carbocycles. The highest BCUT2D eigenvalue weighted by Gasteiger charge is 2.31. The van der Waals surface area contributed by atoms with Crippen molar-refractivity contribution >= 4 is 40.9 Å². The third-order valence-electron chi connectivity index (χ3n) is 4.00. The molecular formula is C19H18N2O4S. The van der Waals surface area contributed by atoms with Crippen LogP contribution in [0.2, 0.25) is 0 Å². The summed E-state index contributed by atoms with van der Waals surface area (Å²) in [4.78, 5) is 39.2. The summed E-state index contributed by atoms with van der Waals surface area (Å²) in [6.45, 7) is 1.40. The fourth-order valence-corrected chi connectivity index (χ4v) is 3.32. The molecule has 0 aliphatic carbocycles. The molecule has 2 aromatic rings. The fraction of sp³-hybridized carbons (Fsp3) is 0.211. The van der Waals surface area contributed by atoms with Crippen molar-refractivity contribution in [2.75, 3.05) is 23.0 Å². The molecule has 0 aromatic heterocycles. The van der Waals surface area contributed by atoms with Crippen LogP contribution in [0, 0.1) is 0 Å². The molecule has 1 aliphatic rings. The van der Waals surface area contributed by atoms with Gasteiger partial charge in [0, 0.05) is 4.90 Å². The molecule has 0 spiro atoms. The first-order chi connectivity index (χ1) is 12.5. The number of rotatable bonds is 4. The lowest BCUT2D eigenvalue weighted by Crippen LogP contribution is -2.47. The van der Waals surface area contributed by atoms with Gasteiger partial charge < -0.3 is 10.1 Å². The number of nitrogens with zero attached hydrogens (tertiary/aromatic N) is 1. The third-order valence-corrected chi connectivity index (χ3v) is 4.79. The average molecular weight is 370 g/mol. The van der Waals surface area contributed by atoms with Crippen molar-refractivity contribution in [3.8, 4) is 0 Å². The molecule has 1 aliphatic heterocycles. The molecule has 134 valence electrons. The second kappa shape index (κ2) is 7.61. The Bertz CT molecular complexity index is 868. The van der Waals surface area contributed by atoms with E-state index in [2.05, 4.69) is 5.32 Å². The van der Waals surface area contributed by atoms with Crippen LogP contribution in [0.25, 0.3) is 0 Å². The van der Waals surface area contributed by atoms with Crippen LogP contribution >= 0.6 is 11.8 Å². The molecule has 0 bridgehead atoms. The van der Waals surface area contributed by atoms with Crippen molar-refractivity contribution in [3.05, 3.63) is 54.1 Å². The highest BCUT2D eigenvalue weighted by Crippen LogP contribution is 2.29. The van der Waals surface area contributed by atoms with E-state index in [1.807, 2.05) is 18.4 Å². The largest absolute Gasteiger partial charge is 0.449 e. The number of carbonyl (C=O) groups excluding carboxylic acids is 3. The molecule has 0 saturated heterocycles. The van der Waals surface area contributed by atoms with E-state index in [-0.39, 0.29) is 12.5 Å². The second-order valence-electron chi connectivity index (χ2n) is 5.74. The van der Waals surface area contributed by atoms with E-state index in [0.717, 1.165) is 4.90 Å². The first kappa shape index (κ1) is 18.0. The first-order valence-electron chi connectivity index (χ1n) is 8.05. The Labute approximate surface area is 155 Å². The van der Waals surface area contributed by atoms with Gasteiger partial charge in [-0.2, -0.15) is 0 Å². The van der Waals surface area contributed by atoms with Gasteiger partial charge in [0.05, 0.1) is 16.9 Å². The summed E-state index contributed by atoms with van der Waals surface area (Å²) in [5.41, 5.74) is 1.56. The van der Waals surface area contributed by atoms with Crippen molar-refractivity contribution in [1.29, 1.82) is 0 Å². The number of hydrogen-bond acceptors (Lipinski definition) is 5. The van der Waals surface area contributed by atoms with E-state index in [9.17, 15) is 14.4 Å². The van der Waals surface area contributed by atoms with Gasteiger partial charge in [0.2, 0.25) is 5.91 Å². The van der Waals surface area contributed by atoms with Crippen molar-refractivity contribution in [2.24, 2.45) is 0 Å². The number of hydrogen-bond donors (Lipinski definition) is 1. The summed E-state index contributed by atoms with van der Waals surface area (Å²) in [6, 6.07) is 14.1. The topological polar surface area (TPSA) is 75.7 Å². The summed E-state index contributed by atoms with van der Waals surface area (Å²) in [7, 11) is 0. The number of fused-ring (bicyclic) bond motifs is 1. The summed E-state index contributed by atoms with van der Waals surface area (Å²) in [5.74, 6) is -1.30. The predicted octanol–water partition coefficient (Wildman–Crippen LogP) is 2.94. The van der Waals surface area contributed by atoms with Crippen molar-refractivity contribution in [3.63, 3.8) is 0 Å². The zero-order chi connectivity index (χ0) is 18.7. The van der Waals surface area contributed by atoms with Gasteiger partial charge in [-0.15, -0.1) is 11.8 Å². The third kappa shape index (κ3) is 3.57. The standard InChI is InChI=1S/C19H18N2O4S/c1-12(25-19(24)13-7-3-6-10-16(13)26-2)18(23)21-11-17(22)20-14-8-4-5-9-15(14)21/h3-10,12H,11H2,1-2H3,(H,20,22)/t12-/m1/s1. The number of ether oxygens (including phenoxy) is 1. The maximum atomic E-state index is 12.8. The molecular weight excluding hydrogens is 352 g/mol. The maximum Gasteiger partial charge on any atom is 0.340 e. The van der Waals surface area contributed by atoms with Gasteiger partial charge in [-0.05, 0) is 37.4 Å². The Kier molecular flexibility index (Phi) is 5.27. The number of anilines is 2.